The first-order valence-electron chi connectivity index (χ1n) is 6.65. The molecule has 0 saturated heterocycles. The Morgan fingerprint density at radius 2 is 1.85 bits per heavy atom. The first-order chi connectivity index (χ1) is 9.75. The molecule has 20 heavy (non-hydrogen) atoms. The predicted molar refractivity (Wildman–Crippen MR) is 80.8 cm³/mol. The Morgan fingerprint density at radius 3 is 2.60 bits per heavy atom. The highest BCUT2D eigenvalue weighted by atomic mass is 15.1. The van der Waals surface area contributed by atoms with Gasteiger partial charge in [-0.2, -0.15) is 0 Å². The van der Waals surface area contributed by atoms with Crippen LogP contribution < -0.4 is 5.73 Å². The number of benzene rings is 2. The van der Waals surface area contributed by atoms with E-state index in [-0.39, 0.29) is 6.04 Å². The lowest BCUT2D eigenvalue weighted by Crippen LogP contribution is -2.15. The van der Waals surface area contributed by atoms with E-state index in [9.17, 15) is 0 Å². The van der Waals surface area contributed by atoms with Crippen molar-refractivity contribution in [2.24, 2.45) is 5.73 Å². The lowest BCUT2D eigenvalue weighted by Gasteiger charge is -2.15. The molecule has 0 bridgehead atoms. The van der Waals surface area contributed by atoms with Gasteiger partial charge in [-0.05, 0) is 30.2 Å². The molecule has 1 heterocycles. The molecular weight excluding hydrogens is 246 g/mol. The first kappa shape index (κ1) is 12.6. The second-order valence-corrected chi connectivity index (χ2v) is 4.92. The molecule has 2 aromatic carbocycles. The molecule has 0 fully saturated rings. The van der Waals surface area contributed by atoms with Crippen LogP contribution in [0.25, 0.3) is 5.69 Å². The van der Waals surface area contributed by atoms with Crippen molar-refractivity contribution in [1.29, 1.82) is 0 Å². The lowest BCUT2D eigenvalue weighted by molar-refractivity contribution is 0.793. The van der Waals surface area contributed by atoms with Crippen molar-refractivity contribution in [3.05, 3.63) is 83.9 Å². The Bertz CT molecular complexity index is 701. The van der Waals surface area contributed by atoms with Gasteiger partial charge in [-0.15, -0.1) is 0 Å². The molecule has 3 heteroatoms. The molecule has 1 atom stereocenters. The zero-order valence-electron chi connectivity index (χ0n) is 11.4. The number of imidazole rings is 1. The molecule has 0 spiro atoms. The average Bonchev–Trinajstić information content (AvgIpc) is 2.97. The number of aromatic nitrogens is 2. The van der Waals surface area contributed by atoms with Crippen LogP contribution in [0, 0.1) is 6.92 Å². The largest absolute Gasteiger partial charge is 0.319 e. The number of aryl methyl sites for hydroxylation is 1. The summed E-state index contributed by atoms with van der Waals surface area (Å²) in [4.78, 5) is 4.26. The molecular formula is C17H17N3. The van der Waals surface area contributed by atoms with Crippen LogP contribution in [-0.4, -0.2) is 9.55 Å². The molecule has 3 aromatic rings. The molecule has 0 aliphatic heterocycles. The fraction of sp³-hybridized carbons (Fsp3) is 0.118. The van der Waals surface area contributed by atoms with Gasteiger partial charge in [0, 0.05) is 5.69 Å². The fourth-order valence-electron chi connectivity index (χ4n) is 2.36. The van der Waals surface area contributed by atoms with E-state index in [1.165, 1.54) is 5.56 Å². The molecule has 1 unspecified atom stereocenters. The van der Waals surface area contributed by atoms with Crippen LogP contribution in [0.5, 0.6) is 0 Å². The molecule has 3 rings (SSSR count). The van der Waals surface area contributed by atoms with Gasteiger partial charge in [-0.3, -0.25) is 0 Å². The third-order valence-electron chi connectivity index (χ3n) is 3.42. The van der Waals surface area contributed by atoms with Crippen LogP contribution in [0.2, 0.25) is 0 Å². The first-order valence-corrected chi connectivity index (χ1v) is 6.65. The highest BCUT2D eigenvalue weighted by Gasteiger charge is 2.14. The molecule has 0 aliphatic carbocycles. The summed E-state index contributed by atoms with van der Waals surface area (Å²) >= 11 is 0. The predicted octanol–water partition coefficient (Wildman–Crippen LogP) is 3.23. The van der Waals surface area contributed by atoms with Gasteiger partial charge in [-0.1, -0.05) is 42.5 Å². The maximum Gasteiger partial charge on any atom is 0.0994 e. The second kappa shape index (κ2) is 5.31. The minimum absolute atomic E-state index is 0.181. The standard InChI is InChI=1S/C17H17N3/c1-13-6-5-9-15(10-13)20-12-19-11-16(20)17(18)14-7-3-2-4-8-14/h2-12,17H,18H2,1H3. The average molecular weight is 263 g/mol. The maximum absolute atomic E-state index is 6.38. The van der Waals surface area contributed by atoms with E-state index in [0.717, 1.165) is 16.9 Å². The highest BCUT2D eigenvalue weighted by Crippen LogP contribution is 2.22. The third kappa shape index (κ3) is 2.36. The van der Waals surface area contributed by atoms with E-state index in [4.69, 9.17) is 5.73 Å². The molecule has 2 N–H and O–H groups in total. The van der Waals surface area contributed by atoms with Crippen molar-refractivity contribution >= 4 is 0 Å². The van der Waals surface area contributed by atoms with Crippen molar-refractivity contribution in [2.45, 2.75) is 13.0 Å². The lowest BCUT2D eigenvalue weighted by atomic mass is 10.1. The van der Waals surface area contributed by atoms with E-state index in [1.807, 2.05) is 53.5 Å². The molecule has 0 aliphatic rings. The van der Waals surface area contributed by atoms with Crippen LogP contribution in [0.3, 0.4) is 0 Å². The SMILES string of the molecule is Cc1cccc(-n2cncc2C(N)c2ccccc2)c1. The van der Waals surface area contributed by atoms with Gasteiger partial charge < -0.3 is 10.3 Å². The highest BCUT2D eigenvalue weighted by molar-refractivity contribution is 5.39. The number of hydrogen-bond donors (Lipinski definition) is 1. The maximum atomic E-state index is 6.38. The normalized spacial score (nSPS) is 12.3. The van der Waals surface area contributed by atoms with Gasteiger partial charge >= 0.3 is 0 Å². The molecule has 0 amide bonds. The number of rotatable bonds is 3. The molecule has 100 valence electrons. The van der Waals surface area contributed by atoms with Crippen molar-refractivity contribution in [3.8, 4) is 5.69 Å². The van der Waals surface area contributed by atoms with Gasteiger partial charge in [0.2, 0.25) is 0 Å². The van der Waals surface area contributed by atoms with E-state index < -0.39 is 0 Å². The summed E-state index contributed by atoms with van der Waals surface area (Å²) in [7, 11) is 0. The second-order valence-electron chi connectivity index (χ2n) is 4.92. The summed E-state index contributed by atoms with van der Waals surface area (Å²) in [5.41, 5.74) is 10.8. The molecule has 1 aromatic heterocycles. The van der Waals surface area contributed by atoms with E-state index in [1.54, 1.807) is 0 Å². The van der Waals surface area contributed by atoms with E-state index >= 15 is 0 Å². The van der Waals surface area contributed by atoms with Gasteiger partial charge in [0.25, 0.3) is 0 Å². The third-order valence-corrected chi connectivity index (χ3v) is 3.42. The van der Waals surface area contributed by atoms with Crippen molar-refractivity contribution in [1.82, 2.24) is 9.55 Å². The Balaban J connectivity index is 2.03. The van der Waals surface area contributed by atoms with Crippen LogP contribution in [0.15, 0.2) is 67.1 Å². The van der Waals surface area contributed by atoms with Gasteiger partial charge in [0.1, 0.15) is 0 Å². The quantitative estimate of drug-likeness (QED) is 0.788. The van der Waals surface area contributed by atoms with Crippen LogP contribution >= 0.6 is 0 Å². The number of hydrogen-bond acceptors (Lipinski definition) is 2. The monoisotopic (exact) mass is 263 g/mol. The minimum Gasteiger partial charge on any atom is -0.319 e. The fourth-order valence-corrected chi connectivity index (χ4v) is 2.36. The summed E-state index contributed by atoms with van der Waals surface area (Å²) in [5, 5.41) is 0. The zero-order valence-corrected chi connectivity index (χ0v) is 11.4. The topological polar surface area (TPSA) is 43.8 Å². The van der Waals surface area contributed by atoms with Crippen LogP contribution in [0.1, 0.15) is 22.9 Å². The van der Waals surface area contributed by atoms with Crippen LogP contribution in [-0.2, 0) is 0 Å². The molecule has 3 nitrogen and oxygen atoms in total. The number of nitrogens with zero attached hydrogens (tertiary/aromatic N) is 2. The van der Waals surface area contributed by atoms with Gasteiger partial charge in [0.05, 0.1) is 24.3 Å². The Hall–Kier alpha value is -2.39. The molecule has 0 radical (unpaired) electrons. The summed E-state index contributed by atoms with van der Waals surface area (Å²) < 4.78 is 2.05. The Morgan fingerprint density at radius 1 is 1.05 bits per heavy atom. The minimum atomic E-state index is -0.181. The van der Waals surface area contributed by atoms with Gasteiger partial charge in [0.15, 0.2) is 0 Å². The van der Waals surface area contributed by atoms with Crippen LogP contribution in [0.4, 0.5) is 0 Å². The van der Waals surface area contributed by atoms with E-state index in [0.29, 0.717) is 0 Å². The summed E-state index contributed by atoms with van der Waals surface area (Å²) in [6.45, 7) is 2.08. The number of nitrogens with two attached hydrogens (primary N) is 1. The summed E-state index contributed by atoms with van der Waals surface area (Å²) in [5.74, 6) is 0. The van der Waals surface area contributed by atoms with E-state index in [2.05, 4.69) is 30.1 Å². The Labute approximate surface area is 118 Å². The zero-order chi connectivity index (χ0) is 13.9. The Kier molecular flexibility index (Phi) is 3.35. The van der Waals surface area contributed by atoms with Crippen molar-refractivity contribution < 1.29 is 0 Å². The van der Waals surface area contributed by atoms with Crippen molar-refractivity contribution in [3.63, 3.8) is 0 Å². The van der Waals surface area contributed by atoms with Crippen molar-refractivity contribution in [2.75, 3.05) is 0 Å². The molecule has 0 saturated carbocycles. The summed E-state index contributed by atoms with van der Waals surface area (Å²) in [6.07, 6.45) is 3.65. The summed E-state index contributed by atoms with van der Waals surface area (Å²) in [6, 6.07) is 18.2. The van der Waals surface area contributed by atoms with Gasteiger partial charge in [-0.25, -0.2) is 4.98 Å². The smallest absolute Gasteiger partial charge is 0.0994 e.